The maximum Gasteiger partial charge on any atom is 0.206 e. The Kier molecular flexibility index (Phi) is 3.74. The predicted octanol–water partition coefficient (Wildman–Crippen LogP) is 0.195. The summed E-state index contributed by atoms with van der Waals surface area (Å²) in [5, 5.41) is 0. The van der Waals surface area contributed by atoms with E-state index in [-0.39, 0.29) is 3.79 Å². The van der Waals surface area contributed by atoms with Crippen LogP contribution in [0.1, 0.15) is 0 Å². The SMILES string of the molecule is CN1CCN(CC(=O)I)CC1. The lowest BCUT2D eigenvalue weighted by atomic mass is 10.3. The summed E-state index contributed by atoms with van der Waals surface area (Å²) in [6.45, 7) is 4.86. The van der Waals surface area contributed by atoms with Crippen LogP contribution in [0.4, 0.5) is 0 Å². The van der Waals surface area contributed by atoms with Crippen molar-refractivity contribution in [3.05, 3.63) is 0 Å². The second-order valence-corrected chi connectivity index (χ2v) is 4.14. The van der Waals surface area contributed by atoms with Gasteiger partial charge in [0.2, 0.25) is 3.79 Å². The smallest absolute Gasteiger partial charge is 0.206 e. The fourth-order valence-electron chi connectivity index (χ4n) is 1.18. The van der Waals surface area contributed by atoms with Crippen LogP contribution in [0.5, 0.6) is 0 Å². The Morgan fingerprint density at radius 1 is 1.36 bits per heavy atom. The van der Waals surface area contributed by atoms with Crippen LogP contribution >= 0.6 is 22.6 Å². The summed E-state index contributed by atoms with van der Waals surface area (Å²) in [7, 11) is 2.11. The molecule has 0 amide bonds. The molecule has 1 fully saturated rings. The Morgan fingerprint density at radius 2 is 1.91 bits per heavy atom. The third-order valence-electron chi connectivity index (χ3n) is 1.94. The third-order valence-corrected chi connectivity index (χ3v) is 2.28. The molecule has 4 heteroatoms. The minimum absolute atomic E-state index is 0.243. The molecule has 1 heterocycles. The van der Waals surface area contributed by atoms with Crippen molar-refractivity contribution in [2.24, 2.45) is 0 Å². The van der Waals surface area contributed by atoms with E-state index in [2.05, 4.69) is 16.8 Å². The van der Waals surface area contributed by atoms with Crippen molar-refractivity contribution in [3.63, 3.8) is 0 Å². The Morgan fingerprint density at radius 3 is 2.36 bits per heavy atom. The lowest BCUT2D eigenvalue weighted by Gasteiger charge is -2.31. The molecule has 0 N–H and O–H groups in total. The molecule has 1 aliphatic rings. The van der Waals surface area contributed by atoms with Crippen LogP contribution in [0.2, 0.25) is 0 Å². The van der Waals surface area contributed by atoms with E-state index in [0.29, 0.717) is 6.54 Å². The van der Waals surface area contributed by atoms with Gasteiger partial charge < -0.3 is 4.90 Å². The van der Waals surface area contributed by atoms with Crippen molar-refractivity contribution in [1.29, 1.82) is 0 Å². The summed E-state index contributed by atoms with van der Waals surface area (Å²) in [4.78, 5) is 15.2. The minimum atomic E-state index is 0.243. The molecular weight excluding hydrogens is 255 g/mol. The van der Waals surface area contributed by atoms with Crippen LogP contribution in [-0.2, 0) is 4.79 Å². The van der Waals surface area contributed by atoms with Gasteiger partial charge in [0.05, 0.1) is 6.54 Å². The van der Waals surface area contributed by atoms with E-state index in [9.17, 15) is 4.79 Å². The van der Waals surface area contributed by atoms with Crippen molar-refractivity contribution in [1.82, 2.24) is 9.80 Å². The summed E-state index contributed by atoms with van der Waals surface area (Å²) in [5.41, 5.74) is 0. The first-order valence-electron chi connectivity index (χ1n) is 3.78. The number of hydrogen-bond acceptors (Lipinski definition) is 3. The van der Waals surface area contributed by atoms with E-state index < -0.39 is 0 Å². The number of hydrogen-bond donors (Lipinski definition) is 0. The molecule has 0 bridgehead atoms. The summed E-state index contributed by atoms with van der Waals surface area (Å²) >= 11 is 1.86. The zero-order valence-electron chi connectivity index (χ0n) is 6.72. The first-order chi connectivity index (χ1) is 5.18. The molecule has 1 aliphatic heterocycles. The van der Waals surface area contributed by atoms with Gasteiger partial charge in [-0.2, -0.15) is 0 Å². The van der Waals surface area contributed by atoms with Gasteiger partial charge in [-0.15, -0.1) is 0 Å². The molecule has 0 aromatic heterocycles. The lowest BCUT2D eigenvalue weighted by molar-refractivity contribution is -0.110. The van der Waals surface area contributed by atoms with Crippen molar-refractivity contribution in [2.75, 3.05) is 39.8 Å². The maximum absolute atomic E-state index is 10.7. The third kappa shape index (κ3) is 3.48. The van der Waals surface area contributed by atoms with Crippen molar-refractivity contribution < 1.29 is 4.79 Å². The number of rotatable bonds is 2. The van der Waals surface area contributed by atoms with Crippen molar-refractivity contribution >= 4 is 26.4 Å². The molecule has 3 nitrogen and oxygen atoms in total. The van der Waals surface area contributed by atoms with Gasteiger partial charge in [0, 0.05) is 48.8 Å². The van der Waals surface area contributed by atoms with E-state index in [1.807, 2.05) is 22.6 Å². The Hall–Kier alpha value is 0.320. The average Bonchev–Trinajstić information content (AvgIpc) is 1.93. The molecule has 0 aliphatic carbocycles. The van der Waals surface area contributed by atoms with Gasteiger partial charge in [-0.1, -0.05) is 0 Å². The molecule has 0 aromatic carbocycles. The molecule has 0 spiro atoms. The highest BCUT2D eigenvalue weighted by atomic mass is 127. The van der Waals surface area contributed by atoms with Gasteiger partial charge in [-0.3, -0.25) is 9.69 Å². The number of likely N-dealkylation sites (N-methyl/N-ethyl adjacent to an activating group) is 1. The molecule has 0 radical (unpaired) electrons. The first kappa shape index (κ1) is 9.41. The van der Waals surface area contributed by atoms with Crippen molar-refractivity contribution in [2.45, 2.75) is 0 Å². The van der Waals surface area contributed by atoms with Gasteiger partial charge in [0.1, 0.15) is 0 Å². The van der Waals surface area contributed by atoms with Crippen LogP contribution < -0.4 is 0 Å². The van der Waals surface area contributed by atoms with Crippen LogP contribution in [0.15, 0.2) is 0 Å². The van der Waals surface area contributed by atoms with Gasteiger partial charge in [-0.05, 0) is 7.05 Å². The highest BCUT2D eigenvalue weighted by Gasteiger charge is 2.14. The molecule has 0 saturated carbocycles. The molecular formula is C7H13IN2O. The molecule has 0 atom stereocenters. The predicted molar refractivity (Wildman–Crippen MR) is 53.0 cm³/mol. The number of nitrogens with zero attached hydrogens (tertiary/aromatic N) is 2. The summed E-state index contributed by atoms with van der Waals surface area (Å²) in [5.74, 6) is 0. The molecule has 64 valence electrons. The van der Waals surface area contributed by atoms with Crippen LogP contribution in [0.25, 0.3) is 0 Å². The summed E-state index contributed by atoms with van der Waals surface area (Å²) in [6, 6.07) is 0. The Balaban J connectivity index is 2.22. The second-order valence-electron chi connectivity index (χ2n) is 2.93. The first-order valence-corrected chi connectivity index (χ1v) is 4.85. The highest BCUT2D eigenvalue weighted by Crippen LogP contribution is 2.00. The quantitative estimate of drug-likeness (QED) is 0.528. The van der Waals surface area contributed by atoms with E-state index in [4.69, 9.17) is 0 Å². The van der Waals surface area contributed by atoms with E-state index >= 15 is 0 Å². The van der Waals surface area contributed by atoms with Crippen LogP contribution in [-0.4, -0.2) is 53.4 Å². The minimum Gasteiger partial charge on any atom is -0.304 e. The van der Waals surface area contributed by atoms with Crippen LogP contribution in [0.3, 0.4) is 0 Å². The number of piperazine rings is 1. The van der Waals surface area contributed by atoms with E-state index in [1.54, 1.807) is 0 Å². The van der Waals surface area contributed by atoms with Gasteiger partial charge in [-0.25, -0.2) is 0 Å². The summed E-state index contributed by atoms with van der Waals surface area (Å²) in [6.07, 6.45) is 0. The molecule has 1 saturated heterocycles. The molecule has 0 aromatic rings. The second kappa shape index (κ2) is 4.37. The topological polar surface area (TPSA) is 23.6 Å². The zero-order valence-corrected chi connectivity index (χ0v) is 8.87. The number of carbonyl (C=O) groups excluding carboxylic acids is 1. The fraction of sp³-hybridized carbons (Fsp3) is 0.857. The Labute approximate surface area is 80.9 Å². The normalized spacial score (nSPS) is 22.0. The van der Waals surface area contributed by atoms with E-state index in [0.717, 1.165) is 26.2 Å². The van der Waals surface area contributed by atoms with Crippen LogP contribution in [0, 0.1) is 0 Å². The number of carbonyl (C=O) groups is 1. The Bertz CT molecular complexity index is 143. The van der Waals surface area contributed by atoms with Gasteiger partial charge in [0.25, 0.3) is 0 Å². The molecule has 1 rings (SSSR count). The summed E-state index contributed by atoms with van der Waals surface area (Å²) < 4.78 is 0.243. The fourth-order valence-corrected chi connectivity index (χ4v) is 1.66. The zero-order chi connectivity index (χ0) is 8.27. The maximum atomic E-state index is 10.7. The average molecular weight is 268 g/mol. The standard InChI is InChI=1S/C7H13IN2O/c1-9-2-4-10(5-3-9)6-7(8)11/h2-6H2,1H3. The molecule has 0 unspecified atom stereocenters. The van der Waals surface area contributed by atoms with Crippen molar-refractivity contribution in [3.8, 4) is 0 Å². The highest BCUT2D eigenvalue weighted by molar-refractivity contribution is 14.1. The lowest BCUT2D eigenvalue weighted by Crippen LogP contribution is -2.45. The molecule has 11 heavy (non-hydrogen) atoms. The largest absolute Gasteiger partial charge is 0.304 e. The number of halogens is 1. The monoisotopic (exact) mass is 268 g/mol. The van der Waals surface area contributed by atoms with Gasteiger partial charge in [0.15, 0.2) is 0 Å². The van der Waals surface area contributed by atoms with Gasteiger partial charge >= 0.3 is 0 Å². The van der Waals surface area contributed by atoms with E-state index in [1.165, 1.54) is 0 Å².